The third-order valence-corrected chi connectivity index (χ3v) is 3.29. The van der Waals surface area contributed by atoms with Gasteiger partial charge >= 0.3 is 0 Å². The minimum Gasteiger partial charge on any atom is -0.380 e. The van der Waals surface area contributed by atoms with Crippen molar-refractivity contribution >= 4 is 5.69 Å². The third-order valence-electron chi connectivity index (χ3n) is 3.29. The molecule has 4 heteroatoms. The van der Waals surface area contributed by atoms with Gasteiger partial charge in [0.1, 0.15) is 6.33 Å². The Morgan fingerprint density at radius 1 is 1.29 bits per heavy atom. The molecule has 17 heavy (non-hydrogen) atoms. The summed E-state index contributed by atoms with van der Waals surface area (Å²) in [4.78, 5) is 10.6. The number of aromatic nitrogens is 2. The molecule has 1 aliphatic heterocycles. The molecule has 1 N–H and O–H groups in total. The molecule has 1 saturated heterocycles. The van der Waals surface area contributed by atoms with Crippen molar-refractivity contribution in [1.29, 1.82) is 0 Å². The molecule has 1 atom stereocenters. The lowest BCUT2D eigenvalue weighted by Gasteiger charge is -2.19. The van der Waals surface area contributed by atoms with Crippen molar-refractivity contribution in [2.45, 2.75) is 38.6 Å². The summed E-state index contributed by atoms with van der Waals surface area (Å²) in [6.07, 6.45) is 10.3. The van der Waals surface area contributed by atoms with E-state index < -0.39 is 0 Å². The Bertz CT molecular complexity index is 314. The minimum atomic E-state index is 0.572. The molecule has 1 aromatic heterocycles. The summed E-state index contributed by atoms with van der Waals surface area (Å²) in [5.74, 6) is 0. The maximum absolute atomic E-state index is 4.03. The van der Waals surface area contributed by atoms with Crippen LogP contribution in [0.5, 0.6) is 0 Å². The van der Waals surface area contributed by atoms with Crippen LogP contribution in [0, 0.1) is 0 Å². The summed E-state index contributed by atoms with van der Waals surface area (Å²) in [6.45, 7) is 5.94. The van der Waals surface area contributed by atoms with Crippen LogP contribution < -0.4 is 5.32 Å². The van der Waals surface area contributed by atoms with Gasteiger partial charge in [-0.3, -0.25) is 0 Å². The van der Waals surface area contributed by atoms with Gasteiger partial charge in [-0.05, 0) is 38.8 Å². The number of hydrogen-bond donors (Lipinski definition) is 1. The smallest absolute Gasteiger partial charge is 0.115 e. The zero-order valence-electron chi connectivity index (χ0n) is 10.6. The number of nitrogens with zero attached hydrogens (tertiary/aromatic N) is 3. The molecule has 0 aliphatic carbocycles. The Morgan fingerprint density at radius 3 is 2.88 bits per heavy atom. The average molecular weight is 234 g/mol. The van der Waals surface area contributed by atoms with Crippen molar-refractivity contribution < 1.29 is 0 Å². The highest BCUT2D eigenvalue weighted by molar-refractivity contribution is 5.38. The van der Waals surface area contributed by atoms with Gasteiger partial charge in [-0.15, -0.1) is 0 Å². The van der Waals surface area contributed by atoms with Gasteiger partial charge in [0, 0.05) is 12.6 Å². The molecule has 0 spiro atoms. The van der Waals surface area contributed by atoms with Crippen molar-refractivity contribution in [2.24, 2.45) is 0 Å². The number of likely N-dealkylation sites (tertiary alicyclic amines) is 1. The summed E-state index contributed by atoms with van der Waals surface area (Å²) >= 11 is 0. The first-order valence-electron chi connectivity index (χ1n) is 6.62. The summed E-state index contributed by atoms with van der Waals surface area (Å²) < 4.78 is 0. The molecule has 0 saturated carbocycles. The van der Waals surface area contributed by atoms with Gasteiger partial charge in [0.15, 0.2) is 0 Å². The van der Waals surface area contributed by atoms with Crippen LogP contribution >= 0.6 is 0 Å². The van der Waals surface area contributed by atoms with Gasteiger partial charge in [0.2, 0.25) is 0 Å². The minimum absolute atomic E-state index is 0.572. The predicted octanol–water partition coefficient (Wildman–Crippen LogP) is 2.15. The average Bonchev–Trinajstić information content (AvgIpc) is 2.57. The second kappa shape index (κ2) is 6.55. The SMILES string of the molecule is CCCN1CCCC(Nc2cncnc2)CC1. The first-order valence-corrected chi connectivity index (χ1v) is 6.62. The molecule has 2 rings (SSSR count). The Hall–Kier alpha value is -1.16. The summed E-state index contributed by atoms with van der Waals surface area (Å²) in [6, 6.07) is 0.572. The molecule has 0 bridgehead atoms. The van der Waals surface area contributed by atoms with Gasteiger partial charge in [-0.2, -0.15) is 0 Å². The van der Waals surface area contributed by atoms with E-state index in [1.54, 1.807) is 6.33 Å². The van der Waals surface area contributed by atoms with E-state index in [4.69, 9.17) is 0 Å². The van der Waals surface area contributed by atoms with Crippen molar-refractivity contribution in [3.8, 4) is 0 Å². The summed E-state index contributed by atoms with van der Waals surface area (Å²) in [5.41, 5.74) is 1.04. The molecule has 0 amide bonds. The monoisotopic (exact) mass is 234 g/mol. The summed E-state index contributed by atoms with van der Waals surface area (Å²) in [7, 11) is 0. The van der Waals surface area contributed by atoms with Crippen LogP contribution in [0.25, 0.3) is 0 Å². The Morgan fingerprint density at radius 2 is 2.12 bits per heavy atom. The molecule has 94 valence electrons. The predicted molar refractivity (Wildman–Crippen MR) is 70.0 cm³/mol. The fraction of sp³-hybridized carbons (Fsp3) is 0.692. The molecule has 1 aromatic rings. The Kier molecular flexibility index (Phi) is 4.74. The zero-order chi connectivity index (χ0) is 11.9. The van der Waals surface area contributed by atoms with E-state index in [2.05, 4.69) is 27.1 Å². The highest BCUT2D eigenvalue weighted by Gasteiger charge is 2.16. The van der Waals surface area contributed by atoms with Crippen LogP contribution in [0.4, 0.5) is 5.69 Å². The maximum Gasteiger partial charge on any atom is 0.115 e. The fourth-order valence-corrected chi connectivity index (χ4v) is 2.45. The molecule has 1 aliphatic rings. The normalized spacial score (nSPS) is 22.1. The van der Waals surface area contributed by atoms with Gasteiger partial charge in [-0.1, -0.05) is 6.92 Å². The molecule has 4 nitrogen and oxygen atoms in total. The van der Waals surface area contributed by atoms with Crippen LogP contribution in [0.1, 0.15) is 32.6 Å². The van der Waals surface area contributed by atoms with Crippen molar-refractivity contribution in [2.75, 3.05) is 25.0 Å². The number of anilines is 1. The van der Waals surface area contributed by atoms with Gasteiger partial charge < -0.3 is 10.2 Å². The molecular formula is C13H22N4. The molecule has 0 aromatic carbocycles. The first-order chi connectivity index (χ1) is 8.38. The zero-order valence-corrected chi connectivity index (χ0v) is 10.6. The molecule has 1 fully saturated rings. The Labute approximate surface area is 103 Å². The topological polar surface area (TPSA) is 41.0 Å². The molecular weight excluding hydrogens is 212 g/mol. The summed E-state index contributed by atoms with van der Waals surface area (Å²) in [5, 5.41) is 3.53. The van der Waals surface area contributed by atoms with Crippen LogP contribution in [0.3, 0.4) is 0 Å². The van der Waals surface area contributed by atoms with E-state index >= 15 is 0 Å². The third kappa shape index (κ3) is 3.97. The molecule has 2 heterocycles. The highest BCUT2D eigenvalue weighted by atomic mass is 15.1. The van der Waals surface area contributed by atoms with Crippen LogP contribution in [-0.4, -0.2) is 40.5 Å². The highest BCUT2D eigenvalue weighted by Crippen LogP contribution is 2.15. The lowest BCUT2D eigenvalue weighted by atomic mass is 10.1. The standard InChI is InChI=1S/C13H22N4/c1-2-6-17-7-3-4-12(5-8-17)16-13-9-14-11-15-10-13/h9-12,16H,2-8H2,1H3. The van der Waals surface area contributed by atoms with E-state index in [-0.39, 0.29) is 0 Å². The van der Waals surface area contributed by atoms with Gasteiger partial charge in [0.25, 0.3) is 0 Å². The van der Waals surface area contributed by atoms with Crippen LogP contribution in [-0.2, 0) is 0 Å². The van der Waals surface area contributed by atoms with E-state index in [0.29, 0.717) is 6.04 Å². The van der Waals surface area contributed by atoms with Crippen molar-refractivity contribution in [1.82, 2.24) is 14.9 Å². The lowest BCUT2D eigenvalue weighted by Crippen LogP contribution is -2.27. The lowest BCUT2D eigenvalue weighted by molar-refractivity contribution is 0.285. The van der Waals surface area contributed by atoms with E-state index in [0.717, 1.165) is 5.69 Å². The number of hydrogen-bond acceptors (Lipinski definition) is 4. The Balaban J connectivity index is 1.83. The fourth-order valence-electron chi connectivity index (χ4n) is 2.45. The van der Waals surface area contributed by atoms with E-state index in [1.807, 2.05) is 12.4 Å². The van der Waals surface area contributed by atoms with Crippen LogP contribution in [0.2, 0.25) is 0 Å². The van der Waals surface area contributed by atoms with Crippen LogP contribution in [0.15, 0.2) is 18.7 Å². The molecule has 0 radical (unpaired) electrons. The van der Waals surface area contributed by atoms with E-state index in [9.17, 15) is 0 Å². The van der Waals surface area contributed by atoms with Gasteiger partial charge in [-0.25, -0.2) is 9.97 Å². The number of rotatable bonds is 4. The quantitative estimate of drug-likeness (QED) is 0.866. The first kappa shape index (κ1) is 12.3. The van der Waals surface area contributed by atoms with Crippen molar-refractivity contribution in [3.05, 3.63) is 18.7 Å². The number of nitrogens with one attached hydrogen (secondary N) is 1. The maximum atomic E-state index is 4.03. The van der Waals surface area contributed by atoms with E-state index in [1.165, 1.54) is 45.3 Å². The van der Waals surface area contributed by atoms with Crippen molar-refractivity contribution in [3.63, 3.8) is 0 Å². The second-order valence-electron chi connectivity index (χ2n) is 4.74. The second-order valence-corrected chi connectivity index (χ2v) is 4.74. The largest absolute Gasteiger partial charge is 0.380 e. The van der Waals surface area contributed by atoms with Gasteiger partial charge in [0.05, 0.1) is 18.1 Å². The molecule has 1 unspecified atom stereocenters.